The highest BCUT2D eigenvalue weighted by atomic mass is 16.4. The molecule has 1 amide bonds. The molecule has 0 aromatic carbocycles. The molecular weight excluding hydrogens is 246 g/mol. The van der Waals surface area contributed by atoms with Gasteiger partial charge in [-0.1, -0.05) is 6.92 Å². The molecule has 1 unspecified atom stereocenters. The fourth-order valence-electron chi connectivity index (χ4n) is 1.97. The summed E-state index contributed by atoms with van der Waals surface area (Å²) in [6, 6.07) is 0.194. The van der Waals surface area contributed by atoms with Gasteiger partial charge in [-0.15, -0.1) is 0 Å². The molecule has 6 heteroatoms. The van der Waals surface area contributed by atoms with E-state index in [4.69, 9.17) is 5.11 Å². The summed E-state index contributed by atoms with van der Waals surface area (Å²) in [7, 11) is 0. The third-order valence-electron chi connectivity index (χ3n) is 3.34. The molecule has 0 saturated heterocycles. The van der Waals surface area contributed by atoms with E-state index < -0.39 is 11.9 Å². The molecule has 19 heavy (non-hydrogen) atoms. The van der Waals surface area contributed by atoms with Crippen LogP contribution in [0.4, 0.5) is 0 Å². The highest BCUT2D eigenvalue weighted by molar-refractivity contribution is 5.94. The Morgan fingerprint density at radius 3 is 2.74 bits per heavy atom. The third-order valence-corrected chi connectivity index (χ3v) is 3.34. The van der Waals surface area contributed by atoms with E-state index >= 15 is 0 Å². The minimum atomic E-state index is -0.872. The summed E-state index contributed by atoms with van der Waals surface area (Å²) >= 11 is 0. The van der Waals surface area contributed by atoms with E-state index in [9.17, 15) is 9.59 Å². The standard InChI is InChI=1S/C13H19N3O3/c1-3-15-8-10(6-14-15)12(17)16(11-4-5-11)7-9(2)13(18)19/h6,8-9,11H,3-5,7H2,1-2H3,(H,18,19). The highest BCUT2D eigenvalue weighted by Crippen LogP contribution is 2.29. The minimum Gasteiger partial charge on any atom is -0.481 e. The van der Waals surface area contributed by atoms with Crippen LogP contribution in [-0.4, -0.2) is 44.3 Å². The van der Waals surface area contributed by atoms with Crippen LogP contribution in [-0.2, 0) is 11.3 Å². The van der Waals surface area contributed by atoms with Crippen LogP contribution in [0.25, 0.3) is 0 Å². The average molecular weight is 265 g/mol. The molecule has 1 heterocycles. The first kappa shape index (κ1) is 13.6. The number of rotatable bonds is 6. The molecule has 0 bridgehead atoms. The lowest BCUT2D eigenvalue weighted by Crippen LogP contribution is -2.38. The number of aliphatic carboxylic acids is 1. The van der Waals surface area contributed by atoms with Gasteiger partial charge >= 0.3 is 5.97 Å². The van der Waals surface area contributed by atoms with E-state index in [0.29, 0.717) is 12.1 Å². The zero-order chi connectivity index (χ0) is 14.0. The maximum absolute atomic E-state index is 12.4. The second-order valence-corrected chi connectivity index (χ2v) is 5.01. The summed E-state index contributed by atoms with van der Waals surface area (Å²) in [6.45, 7) is 4.55. The Kier molecular flexibility index (Phi) is 3.87. The fraction of sp³-hybridized carbons (Fsp3) is 0.615. The SMILES string of the molecule is CCn1cc(C(=O)N(CC(C)C(=O)O)C2CC2)cn1. The summed E-state index contributed by atoms with van der Waals surface area (Å²) in [4.78, 5) is 25.0. The van der Waals surface area contributed by atoms with Gasteiger partial charge in [-0.3, -0.25) is 14.3 Å². The van der Waals surface area contributed by atoms with Crippen LogP contribution in [0.1, 0.15) is 37.0 Å². The van der Waals surface area contributed by atoms with Gasteiger partial charge in [0.25, 0.3) is 5.91 Å². The average Bonchev–Trinajstić information content (AvgIpc) is 3.11. The van der Waals surface area contributed by atoms with Crippen LogP contribution >= 0.6 is 0 Å². The smallest absolute Gasteiger partial charge is 0.308 e. The number of aryl methyl sites for hydroxylation is 1. The molecular formula is C13H19N3O3. The number of carboxylic acid groups (broad SMARTS) is 1. The monoisotopic (exact) mass is 265 g/mol. The van der Waals surface area contributed by atoms with Gasteiger partial charge in [-0.05, 0) is 19.8 Å². The van der Waals surface area contributed by atoms with Gasteiger partial charge < -0.3 is 10.0 Å². The fourth-order valence-corrected chi connectivity index (χ4v) is 1.97. The lowest BCUT2D eigenvalue weighted by Gasteiger charge is -2.23. The van der Waals surface area contributed by atoms with Crippen LogP contribution in [0, 0.1) is 5.92 Å². The van der Waals surface area contributed by atoms with Gasteiger partial charge in [0.1, 0.15) is 0 Å². The Labute approximate surface area is 112 Å². The largest absolute Gasteiger partial charge is 0.481 e. The van der Waals surface area contributed by atoms with Crippen molar-refractivity contribution in [3.05, 3.63) is 18.0 Å². The van der Waals surface area contributed by atoms with E-state index in [1.807, 2.05) is 6.92 Å². The van der Waals surface area contributed by atoms with Crippen LogP contribution in [0.2, 0.25) is 0 Å². The molecule has 1 atom stereocenters. The number of carboxylic acids is 1. The summed E-state index contributed by atoms with van der Waals surface area (Å²) in [5.41, 5.74) is 0.534. The van der Waals surface area contributed by atoms with Gasteiger partial charge in [0.15, 0.2) is 0 Å². The van der Waals surface area contributed by atoms with Crippen molar-refractivity contribution in [1.82, 2.24) is 14.7 Å². The zero-order valence-corrected chi connectivity index (χ0v) is 11.2. The zero-order valence-electron chi connectivity index (χ0n) is 11.2. The maximum Gasteiger partial charge on any atom is 0.308 e. The topological polar surface area (TPSA) is 75.4 Å². The van der Waals surface area contributed by atoms with Crippen molar-refractivity contribution in [2.45, 2.75) is 39.3 Å². The van der Waals surface area contributed by atoms with Crippen LogP contribution in [0.15, 0.2) is 12.4 Å². The molecule has 0 aliphatic heterocycles. The molecule has 1 aromatic heterocycles. The molecule has 6 nitrogen and oxygen atoms in total. The summed E-state index contributed by atoms with van der Waals surface area (Å²) in [6.07, 6.45) is 5.18. The Morgan fingerprint density at radius 1 is 1.58 bits per heavy atom. The van der Waals surface area contributed by atoms with Crippen molar-refractivity contribution in [1.29, 1.82) is 0 Å². The first-order valence-electron chi connectivity index (χ1n) is 6.59. The van der Waals surface area contributed by atoms with Crippen molar-refractivity contribution in [2.75, 3.05) is 6.54 Å². The predicted octanol–water partition coefficient (Wildman–Crippen LogP) is 1.23. The van der Waals surface area contributed by atoms with Gasteiger partial charge in [0.2, 0.25) is 0 Å². The van der Waals surface area contributed by atoms with E-state index in [0.717, 1.165) is 12.8 Å². The van der Waals surface area contributed by atoms with Gasteiger partial charge in [-0.25, -0.2) is 0 Å². The van der Waals surface area contributed by atoms with Crippen LogP contribution in [0.3, 0.4) is 0 Å². The molecule has 1 N–H and O–H groups in total. The van der Waals surface area contributed by atoms with Crippen molar-refractivity contribution in [3.63, 3.8) is 0 Å². The Balaban J connectivity index is 2.10. The van der Waals surface area contributed by atoms with Crippen LogP contribution < -0.4 is 0 Å². The molecule has 0 spiro atoms. The Bertz CT molecular complexity index is 479. The van der Waals surface area contributed by atoms with Gasteiger partial charge in [0.05, 0.1) is 17.7 Å². The van der Waals surface area contributed by atoms with Gasteiger partial charge in [0, 0.05) is 25.3 Å². The lowest BCUT2D eigenvalue weighted by atomic mass is 10.1. The number of aromatic nitrogens is 2. The number of carbonyl (C=O) groups is 2. The number of nitrogens with zero attached hydrogens (tertiary/aromatic N) is 3. The van der Waals surface area contributed by atoms with Crippen LogP contribution in [0.5, 0.6) is 0 Å². The first-order valence-corrected chi connectivity index (χ1v) is 6.59. The van der Waals surface area contributed by atoms with E-state index in [1.165, 1.54) is 0 Å². The first-order chi connectivity index (χ1) is 9.02. The quantitative estimate of drug-likeness (QED) is 0.839. The Morgan fingerprint density at radius 2 is 2.26 bits per heavy atom. The Hall–Kier alpha value is -1.85. The maximum atomic E-state index is 12.4. The third kappa shape index (κ3) is 3.13. The number of hydrogen-bond donors (Lipinski definition) is 1. The minimum absolute atomic E-state index is 0.115. The number of amides is 1. The lowest BCUT2D eigenvalue weighted by molar-refractivity contribution is -0.141. The van der Waals surface area contributed by atoms with Gasteiger partial charge in [-0.2, -0.15) is 5.10 Å². The molecule has 0 radical (unpaired) electrons. The number of carbonyl (C=O) groups excluding carboxylic acids is 1. The second-order valence-electron chi connectivity index (χ2n) is 5.01. The van der Waals surface area contributed by atoms with Crippen molar-refractivity contribution < 1.29 is 14.7 Å². The normalized spacial score (nSPS) is 16.1. The summed E-state index contributed by atoms with van der Waals surface area (Å²) in [5, 5.41) is 13.1. The van der Waals surface area contributed by atoms with Crippen molar-refractivity contribution in [2.24, 2.45) is 5.92 Å². The predicted molar refractivity (Wildman–Crippen MR) is 68.8 cm³/mol. The molecule has 1 aliphatic carbocycles. The molecule has 1 aliphatic rings. The summed E-state index contributed by atoms with van der Waals surface area (Å²) in [5.74, 6) is -1.54. The molecule has 2 rings (SSSR count). The highest BCUT2D eigenvalue weighted by Gasteiger charge is 2.35. The van der Waals surface area contributed by atoms with E-state index in [1.54, 1.807) is 28.9 Å². The van der Waals surface area contributed by atoms with E-state index in [-0.39, 0.29) is 18.5 Å². The molecule has 1 saturated carbocycles. The second kappa shape index (κ2) is 5.42. The van der Waals surface area contributed by atoms with Crippen molar-refractivity contribution >= 4 is 11.9 Å². The summed E-state index contributed by atoms with van der Waals surface area (Å²) < 4.78 is 1.69. The molecule has 1 aromatic rings. The molecule has 1 fully saturated rings. The van der Waals surface area contributed by atoms with Crippen molar-refractivity contribution in [3.8, 4) is 0 Å². The number of hydrogen-bond acceptors (Lipinski definition) is 3. The molecule has 104 valence electrons. The van der Waals surface area contributed by atoms with E-state index in [2.05, 4.69) is 5.10 Å².